The molecule has 0 atom stereocenters. The summed E-state index contributed by atoms with van der Waals surface area (Å²) in [6.45, 7) is 10.8. The molecular formula is C37H42N10O2. The van der Waals surface area contributed by atoms with Crippen molar-refractivity contribution in [3.05, 3.63) is 107 Å². The van der Waals surface area contributed by atoms with Gasteiger partial charge in [-0.25, -0.2) is 24.7 Å². The number of amides is 1. The van der Waals surface area contributed by atoms with Gasteiger partial charge in [0.1, 0.15) is 22.9 Å². The fourth-order valence-corrected chi connectivity index (χ4v) is 5.59. The molecule has 5 N–H and O–H groups in total. The average molecular weight is 659 g/mol. The maximum Gasteiger partial charge on any atom is 0.410 e. The van der Waals surface area contributed by atoms with Crippen molar-refractivity contribution in [3.63, 3.8) is 0 Å². The molecule has 49 heavy (non-hydrogen) atoms. The Hall–Kier alpha value is -5.62. The lowest BCUT2D eigenvalue weighted by molar-refractivity contribution is 0.0224. The van der Waals surface area contributed by atoms with Gasteiger partial charge in [0, 0.05) is 49.1 Å². The van der Waals surface area contributed by atoms with Crippen molar-refractivity contribution in [2.75, 3.05) is 29.5 Å². The standard InChI is InChI=1S/C23H22N8.C14H20N2O2/c1-15-3-2-4-19(27-15)22-25-11-8-20(30-22)29-21-9-12-26-23(31-21)28-18-6-5-16-7-10-24-14-17(16)13-18;1-14(2,3)18-13(17)16-7-6-10-4-5-12(15)8-11(10)9-16/h2-6,8-9,11-13,24H,7,10,14H2,1H3,(H2,25,26,28,29,30,31);4-5,8H,6-7,9,15H2,1-3H3. The Bertz CT molecular complexity index is 1940. The van der Waals surface area contributed by atoms with Gasteiger partial charge in [0.2, 0.25) is 5.95 Å². The number of fused-ring (bicyclic) bond motifs is 2. The molecule has 5 aromatic rings. The van der Waals surface area contributed by atoms with Gasteiger partial charge in [0.15, 0.2) is 5.82 Å². The third kappa shape index (κ3) is 9.05. The molecule has 12 nitrogen and oxygen atoms in total. The van der Waals surface area contributed by atoms with Crippen molar-refractivity contribution in [2.24, 2.45) is 0 Å². The largest absolute Gasteiger partial charge is 0.444 e. The minimum Gasteiger partial charge on any atom is -0.444 e. The van der Waals surface area contributed by atoms with Crippen LogP contribution in [0.4, 0.5) is 33.8 Å². The number of aromatic nitrogens is 5. The quantitative estimate of drug-likeness (QED) is 0.157. The van der Waals surface area contributed by atoms with Crippen LogP contribution >= 0.6 is 0 Å². The number of hydrogen-bond donors (Lipinski definition) is 4. The molecule has 2 aromatic carbocycles. The van der Waals surface area contributed by atoms with Crippen LogP contribution in [0.15, 0.2) is 79.1 Å². The SMILES string of the molecule is CC(C)(C)OC(=O)N1CCc2ccc(N)cc2C1.Cc1cccc(-c2nccc(Nc3ccnc(Nc4ccc5c(c4)CNCC5)n3)n2)n1. The number of carbonyl (C=O) groups excluding carboxylic acids is 1. The van der Waals surface area contributed by atoms with E-state index in [1.54, 1.807) is 29.4 Å². The molecule has 0 saturated carbocycles. The Labute approximate surface area is 286 Å². The summed E-state index contributed by atoms with van der Waals surface area (Å²) in [6, 6.07) is 21.6. The summed E-state index contributed by atoms with van der Waals surface area (Å²) in [7, 11) is 0. The molecule has 2 aliphatic heterocycles. The lowest BCUT2D eigenvalue weighted by Gasteiger charge is -2.31. The number of nitrogens with two attached hydrogens (primary N) is 1. The fraction of sp³-hybridized carbons (Fsp3) is 0.297. The molecule has 0 spiro atoms. The molecule has 2 aliphatic rings. The molecule has 5 heterocycles. The molecule has 12 heteroatoms. The number of anilines is 5. The predicted molar refractivity (Wildman–Crippen MR) is 192 cm³/mol. The van der Waals surface area contributed by atoms with E-state index in [9.17, 15) is 4.79 Å². The second-order valence-corrected chi connectivity index (χ2v) is 13.0. The lowest BCUT2D eigenvalue weighted by Crippen LogP contribution is -2.39. The minimum absolute atomic E-state index is 0.254. The first kappa shape index (κ1) is 33.3. The van der Waals surface area contributed by atoms with Gasteiger partial charge in [-0.2, -0.15) is 4.98 Å². The molecule has 0 aliphatic carbocycles. The summed E-state index contributed by atoms with van der Waals surface area (Å²) in [4.78, 5) is 36.0. The number of pyridine rings is 1. The van der Waals surface area contributed by atoms with Crippen LogP contribution in [0.5, 0.6) is 0 Å². The van der Waals surface area contributed by atoms with E-state index < -0.39 is 5.60 Å². The van der Waals surface area contributed by atoms with E-state index in [0.717, 1.165) is 54.3 Å². The third-order valence-electron chi connectivity index (χ3n) is 7.93. The topological polar surface area (TPSA) is 156 Å². The van der Waals surface area contributed by atoms with Gasteiger partial charge < -0.3 is 31.3 Å². The van der Waals surface area contributed by atoms with Crippen LogP contribution in [0, 0.1) is 6.92 Å². The first-order valence-corrected chi connectivity index (χ1v) is 16.4. The Morgan fingerprint density at radius 1 is 0.857 bits per heavy atom. The smallest absolute Gasteiger partial charge is 0.410 e. The number of aryl methyl sites for hydroxylation is 1. The van der Waals surface area contributed by atoms with Crippen LogP contribution in [0.2, 0.25) is 0 Å². The Morgan fingerprint density at radius 3 is 2.45 bits per heavy atom. The van der Waals surface area contributed by atoms with Crippen molar-refractivity contribution in [2.45, 2.75) is 59.2 Å². The van der Waals surface area contributed by atoms with E-state index in [2.05, 4.69) is 59.1 Å². The molecule has 3 aromatic heterocycles. The lowest BCUT2D eigenvalue weighted by atomic mass is 9.99. The maximum absolute atomic E-state index is 12.0. The summed E-state index contributed by atoms with van der Waals surface area (Å²) < 4.78 is 5.38. The highest BCUT2D eigenvalue weighted by atomic mass is 16.6. The second kappa shape index (κ2) is 14.7. The summed E-state index contributed by atoms with van der Waals surface area (Å²) in [5.74, 6) is 2.35. The number of hydrogen-bond acceptors (Lipinski definition) is 11. The maximum atomic E-state index is 12.0. The number of nitrogen functional groups attached to an aromatic ring is 1. The normalized spacial score (nSPS) is 13.7. The van der Waals surface area contributed by atoms with E-state index in [-0.39, 0.29) is 6.09 Å². The van der Waals surface area contributed by atoms with Crippen LogP contribution < -0.4 is 21.7 Å². The van der Waals surface area contributed by atoms with Gasteiger partial charge in [-0.15, -0.1) is 0 Å². The van der Waals surface area contributed by atoms with Crippen molar-refractivity contribution in [3.8, 4) is 11.5 Å². The van der Waals surface area contributed by atoms with E-state index in [1.807, 2.05) is 64.1 Å². The molecular weight excluding hydrogens is 616 g/mol. The zero-order valence-electron chi connectivity index (χ0n) is 28.3. The molecule has 7 rings (SSSR count). The molecule has 0 fully saturated rings. The van der Waals surface area contributed by atoms with Crippen molar-refractivity contribution in [1.29, 1.82) is 0 Å². The monoisotopic (exact) mass is 658 g/mol. The minimum atomic E-state index is -0.451. The predicted octanol–water partition coefficient (Wildman–Crippen LogP) is 6.33. The zero-order chi connectivity index (χ0) is 34.4. The summed E-state index contributed by atoms with van der Waals surface area (Å²) in [5, 5.41) is 9.92. The number of nitrogens with one attached hydrogen (secondary N) is 3. The van der Waals surface area contributed by atoms with Gasteiger partial charge in [0.25, 0.3) is 0 Å². The van der Waals surface area contributed by atoms with Gasteiger partial charge in [-0.05, 0) is 118 Å². The van der Waals surface area contributed by atoms with Crippen LogP contribution in [-0.4, -0.2) is 54.6 Å². The molecule has 0 bridgehead atoms. The molecule has 0 saturated heterocycles. The second-order valence-electron chi connectivity index (χ2n) is 13.0. The number of benzene rings is 2. The molecule has 0 radical (unpaired) electrons. The van der Waals surface area contributed by atoms with Crippen LogP contribution in [0.1, 0.15) is 48.7 Å². The van der Waals surface area contributed by atoms with Gasteiger partial charge >= 0.3 is 6.09 Å². The first-order valence-electron chi connectivity index (χ1n) is 16.4. The Balaban J connectivity index is 0.000000197. The Kier molecular flexibility index (Phi) is 9.95. The number of nitrogens with zero attached hydrogens (tertiary/aromatic N) is 6. The number of rotatable bonds is 5. The van der Waals surface area contributed by atoms with Crippen LogP contribution in [0.25, 0.3) is 11.5 Å². The number of carbonyl (C=O) groups is 1. The van der Waals surface area contributed by atoms with Gasteiger partial charge in [-0.3, -0.25) is 0 Å². The van der Waals surface area contributed by atoms with Gasteiger partial charge in [-0.1, -0.05) is 18.2 Å². The van der Waals surface area contributed by atoms with Crippen molar-refractivity contribution < 1.29 is 9.53 Å². The first-order chi connectivity index (χ1) is 23.6. The molecule has 0 unspecified atom stereocenters. The highest BCUT2D eigenvalue weighted by molar-refractivity contribution is 5.69. The Morgan fingerprint density at radius 2 is 1.63 bits per heavy atom. The zero-order valence-corrected chi connectivity index (χ0v) is 28.3. The van der Waals surface area contributed by atoms with Gasteiger partial charge in [0.05, 0.1) is 0 Å². The van der Waals surface area contributed by atoms with E-state index in [1.165, 1.54) is 16.7 Å². The van der Waals surface area contributed by atoms with Crippen molar-refractivity contribution >= 4 is 35.1 Å². The highest BCUT2D eigenvalue weighted by Crippen LogP contribution is 2.24. The summed E-state index contributed by atoms with van der Waals surface area (Å²) in [6.07, 6.45) is 5.08. The molecule has 252 valence electrons. The van der Waals surface area contributed by atoms with E-state index >= 15 is 0 Å². The number of ether oxygens (including phenoxy) is 1. The van der Waals surface area contributed by atoms with E-state index in [4.69, 9.17) is 10.5 Å². The third-order valence-corrected chi connectivity index (χ3v) is 7.93. The van der Waals surface area contributed by atoms with Crippen molar-refractivity contribution in [1.82, 2.24) is 35.1 Å². The summed E-state index contributed by atoms with van der Waals surface area (Å²) >= 11 is 0. The summed E-state index contributed by atoms with van der Waals surface area (Å²) in [5.41, 5.74) is 13.8. The van der Waals surface area contributed by atoms with E-state index in [0.29, 0.717) is 36.5 Å². The highest BCUT2D eigenvalue weighted by Gasteiger charge is 2.25. The van der Waals surface area contributed by atoms with Crippen LogP contribution in [-0.2, 0) is 30.7 Å². The van der Waals surface area contributed by atoms with Crippen LogP contribution in [0.3, 0.4) is 0 Å². The average Bonchev–Trinajstić information content (AvgIpc) is 3.08. The fourth-order valence-electron chi connectivity index (χ4n) is 5.59. The molecule has 1 amide bonds.